The number of aryl methyl sites for hydroxylation is 1. The molecule has 0 aliphatic rings. The highest BCUT2D eigenvalue weighted by molar-refractivity contribution is 7.71. The number of hydrogen-bond acceptors (Lipinski definition) is 3. The Balaban J connectivity index is 2.62. The first-order valence-corrected chi connectivity index (χ1v) is 4.56. The summed E-state index contributed by atoms with van der Waals surface area (Å²) >= 11 is 5.08. The van der Waals surface area contributed by atoms with Gasteiger partial charge in [0.15, 0.2) is 4.77 Å². The molecule has 0 radical (unpaired) electrons. The molecule has 0 aliphatic heterocycles. The monoisotopic (exact) mass is 205 g/mol. The summed E-state index contributed by atoms with van der Waals surface area (Å²) in [6, 6.07) is 3.89. The Labute approximate surface area is 83.7 Å². The number of nitrogens with one attached hydrogen (secondary N) is 2. The molecule has 5 nitrogen and oxygen atoms in total. The molecule has 0 unspecified atom stereocenters. The van der Waals surface area contributed by atoms with E-state index in [0.717, 1.165) is 22.1 Å². The van der Waals surface area contributed by atoms with Crippen LogP contribution in [0.25, 0.3) is 22.1 Å². The molecule has 70 valence electrons. The van der Waals surface area contributed by atoms with Crippen LogP contribution >= 0.6 is 12.2 Å². The molecule has 3 rings (SSSR count). The average Bonchev–Trinajstić information content (AvgIpc) is 2.70. The third-order valence-electron chi connectivity index (χ3n) is 2.32. The highest BCUT2D eigenvalue weighted by Gasteiger charge is 2.05. The molecule has 0 spiro atoms. The molecule has 1 aromatic carbocycles. The summed E-state index contributed by atoms with van der Waals surface area (Å²) in [4.78, 5) is 4.26. The first-order chi connectivity index (χ1) is 6.75. The van der Waals surface area contributed by atoms with Gasteiger partial charge in [-0.3, -0.25) is 5.10 Å². The summed E-state index contributed by atoms with van der Waals surface area (Å²) in [5, 5.41) is 9.68. The van der Waals surface area contributed by atoms with Gasteiger partial charge in [0, 0.05) is 7.05 Å². The minimum absolute atomic E-state index is 0.594. The van der Waals surface area contributed by atoms with E-state index in [-0.39, 0.29) is 0 Å². The van der Waals surface area contributed by atoms with Gasteiger partial charge in [-0.25, -0.2) is 10.2 Å². The second-order valence-electron chi connectivity index (χ2n) is 3.16. The summed E-state index contributed by atoms with van der Waals surface area (Å²) in [5.41, 5.74) is 3.71. The predicted molar refractivity (Wildman–Crippen MR) is 55.6 cm³/mol. The van der Waals surface area contributed by atoms with Crippen molar-refractivity contribution in [2.24, 2.45) is 7.05 Å². The molecule has 6 heteroatoms. The summed E-state index contributed by atoms with van der Waals surface area (Å²) in [6.07, 6.45) is 0. The highest BCUT2D eigenvalue weighted by Crippen LogP contribution is 2.18. The van der Waals surface area contributed by atoms with Crippen molar-refractivity contribution in [2.45, 2.75) is 0 Å². The molecular weight excluding hydrogens is 198 g/mol. The topological polar surface area (TPSA) is 62.3 Å². The van der Waals surface area contributed by atoms with E-state index in [1.54, 1.807) is 0 Å². The number of H-pyrrole nitrogens is 2. The van der Waals surface area contributed by atoms with E-state index in [1.165, 1.54) is 0 Å². The van der Waals surface area contributed by atoms with Crippen molar-refractivity contribution in [1.82, 2.24) is 25.0 Å². The van der Waals surface area contributed by atoms with Gasteiger partial charge < -0.3 is 4.57 Å². The fraction of sp³-hybridized carbons (Fsp3) is 0.125. The molecule has 0 amide bonds. The van der Waals surface area contributed by atoms with E-state index in [1.807, 2.05) is 23.7 Å². The Bertz CT molecular complexity index is 674. The van der Waals surface area contributed by atoms with E-state index in [0.29, 0.717) is 4.77 Å². The van der Waals surface area contributed by atoms with E-state index in [4.69, 9.17) is 12.2 Å². The number of aromatic nitrogens is 5. The van der Waals surface area contributed by atoms with Crippen molar-refractivity contribution in [3.63, 3.8) is 0 Å². The van der Waals surface area contributed by atoms with E-state index >= 15 is 0 Å². The summed E-state index contributed by atoms with van der Waals surface area (Å²) in [7, 11) is 1.90. The molecule has 0 bridgehead atoms. The zero-order valence-corrected chi connectivity index (χ0v) is 8.22. The largest absolute Gasteiger partial charge is 0.318 e. The van der Waals surface area contributed by atoms with Gasteiger partial charge in [-0.05, 0) is 24.4 Å². The van der Waals surface area contributed by atoms with Gasteiger partial charge >= 0.3 is 0 Å². The van der Waals surface area contributed by atoms with Crippen LogP contribution in [0.15, 0.2) is 12.1 Å². The Morgan fingerprint density at radius 2 is 2.21 bits per heavy atom. The number of nitrogens with zero attached hydrogens (tertiary/aromatic N) is 3. The fourth-order valence-electron chi connectivity index (χ4n) is 1.55. The maximum atomic E-state index is 5.08. The normalized spacial score (nSPS) is 11.5. The predicted octanol–water partition coefficient (Wildman–Crippen LogP) is 1.51. The average molecular weight is 205 g/mol. The Hall–Kier alpha value is -1.69. The van der Waals surface area contributed by atoms with Crippen molar-refractivity contribution in [2.75, 3.05) is 0 Å². The second-order valence-corrected chi connectivity index (χ2v) is 3.53. The van der Waals surface area contributed by atoms with Gasteiger partial charge in [0.25, 0.3) is 0 Å². The van der Waals surface area contributed by atoms with Crippen LogP contribution in [0.2, 0.25) is 0 Å². The van der Waals surface area contributed by atoms with Gasteiger partial charge in [0.05, 0.1) is 16.6 Å². The van der Waals surface area contributed by atoms with Crippen molar-refractivity contribution in [3.05, 3.63) is 16.9 Å². The number of benzene rings is 1. The quantitative estimate of drug-likeness (QED) is 0.547. The molecule has 14 heavy (non-hydrogen) atoms. The van der Waals surface area contributed by atoms with Crippen molar-refractivity contribution in [1.29, 1.82) is 0 Å². The maximum absolute atomic E-state index is 5.08. The minimum Gasteiger partial charge on any atom is -0.318 e. The van der Waals surface area contributed by atoms with Crippen LogP contribution in [0, 0.1) is 4.77 Å². The lowest BCUT2D eigenvalue weighted by Gasteiger charge is -1.92. The molecule has 0 fully saturated rings. The van der Waals surface area contributed by atoms with Crippen LogP contribution < -0.4 is 0 Å². The molecular formula is C8H7N5S. The Kier molecular flexibility index (Phi) is 1.33. The van der Waals surface area contributed by atoms with Crippen LogP contribution in [0.5, 0.6) is 0 Å². The number of fused-ring (bicyclic) bond motifs is 2. The number of aromatic amines is 2. The molecule has 2 heterocycles. The van der Waals surface area contributed by atoms with Crippen LogP contribution in [0.3, 0.4) is 0 Å². The Morgan fingerprint density at radius 3 is 3.07 bits per heavy atom. The molecule has 0 aliphatic carbocycles. The van der Waals surface area contributed by atoms with Gasteiger partial charge in [-0.1, -0.05) is 0 Å². The number of rotatable bonds is 0. The second kappa shape index (κ2) is 2.42. The zero-order valence-electron chi connectivity index (χ0n) is 7.40. The Morgan fingerprint density at radius 1 is 1.36 bits per heavy atom. The lowest BCUT2D eigenvalue weighted by Crippen LogP contribution is -1.85. The van der Waals surface area contributed by atoms with Gasteiger partial charge in [0.1, 0.15) is 5.52 Å². The summed E-state index contributed by atoms with van der Waals surface area (Å²) in [5.74, 6) is 0. The standard InChI is InChI=1S/C8H7N5S/c1-13-7-3-5-4(10-12-11-5)2-6(7)9-8(13)14/h2-3,10,12H,1H3. The molecule has 0 saturated carbocycles. The van der Waals surface area contributed by atoms with E-state index < -0.39 is 0 Å². The van der Waals surface area contributed by atoms with Crippen LogP contribution in [0.4, 0.5) is 0 Å². The zero-order chi connectivity index (χ0) is 9.71. The first kappa shape index (κ1) is 7.69. The van der Waals surface area contributed by atoms with Gasteiger partial charge in [0.2, 0.25) is 0 Å². The minimum atomic E-state index is 0.594. The van der Waals surface area contributed by atoms with Crippen LogP contribution in [-0.4, -0.2) is 25.0 Å². The number of imidazole rings is 1. The lowest BCUT2D eigenvalue weighted by atomic mass is 10.3. The molecule has 2 aromatic heterocycles. The molecule has 3 aromatic rings. The highest BCUT2D eigenvalue weighted by atomic mass is 32.1. The van der Waals surface area contributed by atoms with Gasteiger partial charge in [-0.15, -0.1) is 0 Å². The first-order valence-electron chi connectivity index (χ1n) is 4.15. The molecule has 0 atom stereocenters. The van der Waals surface area contributed by atoms with Crippen molar-refractivity contribution in [3.8, 4) is 0 Å². The maximum Gasteiger partial charge on any atom is 0.200 e. The third-order valence-corrected chi connectivity index (χ3v) is 2.69. The third kappa shape index (κ3) is 0.856. The fourth-order valence-corrected chi connectivity index (χ4v) is 1.74. The summed E-state index contributed by atoms with van der Waals surface area (Å²) in [6.45, 7) is 0. The molecule has 2 N–H and O–H groups in total. The van der Waals surface area contributed by atoms with Crippen LogP contribution in [-0.2, 0) is 7.05 Å². The number of hydrogen-bond donors (Lipinski definition) is 2. The van der Waals surface area contributed by atoms with Crippen LogP contribution in [0.1, 0.15) is 0 Å². The van der Waals surface area contributed by atoms with E-state index in [2.05, 4.69) is 20.4 Å². The smallest absolute Gasteiger partial charge is 0.200 e. The SMILES string of the molecule is Cn1c(=S)nc2cc3[nH][nH]nc3cc21. The van der Waals surface area contributed by atoms with Gasteiger partial charge in [-0.2, -0.15) is 5.10 Å². The van der Waals surface area contributed by atoms with Crippen molar-refractivity contribution < 1.29 is 0 Å². The van der Waals surface area contributed by atoms with E-state index in [9.17, 15) is 0 Å². The summed E-state index contributed by atoms with van der Waals surface area (Å²) < 4.78 is 2.47. The molecule has 0 saturated heterocycles. The van der Waals surface area contributed by atoms with Crippen molar-refractivity contribution >= 4 is 34.3 Å². The lowest BCUT2D eigenvalue weighted by molar-refractivity contribution is 0.926.